The first-order valence-electron chi connectivity index (χ1n) is 13.2. The van der Waals surface area contributed by atoms with Gasteiger partial charge in [-0.25, -0.2) is 13.9 Å². The summed E-state index contributed by atoms with van der Waals surface area (Å²) in [6, 6.07) is -0.772. The van der Waals surface area contributed by atoms with Crippen molar-refractivity contribution in [3.8, 4) is 0 Å². The molecule has 0 spiro atoms. The van der Waals surface area contributed by atoms with Gasteiger partial charge in [0, 0.05) is 18.7 Å². The Morgan fingerprint density at radius 2 is 1.70 bits per heavy atom. The van der Waals surface area contributed by atoms with E-state index < -0.39 is 101 Å². The zero-order valence-corrected chi connectivity index (χ0v) is 24.9. The largest absolute Gasteiger partial charge is 0.483 e. The molecule has 8 unspecified atom stereocenters. The normalized spacial score (nSPS) is 33.4. The molecule has 3 heterocycles. The van der Waals surface area contributed by atoms with Gasteiger partial charge in [0.2, 0.25) is 5.91 Å². The molecule has 252 valence electrons. The van der Waals surface area contributed by atoms with Gasteiger partial charge in [-0.3, -0.25) is 28.2 Å². The molecule has 21 nitrogen and oxygen atoms in total. The number of aliphatic hydroxyl groups is 5. The fourth-order valence-corrected chi connectivity index (χ4v) is 6.53. The van der Waals surface area contributed by atoms with Crippen LogP contribution < -0.4 is 21.9 Å². The molecule has 11 atom stereocenters. The van der Waals surface area contributed by atoms with E-state index in [0.29, 0.717) is 19.4 Å². The topological polar surface area (TPSA) is 318 Å². The van der Waals surface area contributed by atoms with Crippen molar-refractivity contribution in [2.75, 3.05) is 26.8 Å². The molecule has 0 aromatic carbocycles. The van der Waals surface area contributed by atoms with Crippen LogP contribution in [0.4, 0.5) is 0 Å². The summed E-state index contributed by atoms with van der Waals surface area (Å²) in [6.45, 7) is -1.32. The number of amides is 1. The summed E-state index contributed by atoms with van der Waals surface area (Å²) in [6.07, 6.45) is -12.1. The number of carbonyl (C=O) groups is 1. The number of rotatable bonds is 15. The van der Waals surface area contributed by atoms with Crippen LogP contribution in [0.15, 0.2) is 21.9 Å². The molecule has 1 aromatic rings. The number of aliphatic hydroxyl groups excluding tert-OH is 5. The Kier molecular flexibility index (Phi) is 13.0. The van der Waals surface area contributed by atoms with E-state index in [1.165, 1.54) is 0 Å². The number of aromatic nitrogens is 2. The molecule has 23 heteroatoms. The van der Waals surface area contributed by atoms with Gasteiger partial charge < -0.3 is 55.4 Å². The van der Waals surface area contributed by atoms with E-state index in [0.717, 1.165) is 16.8 Å². The summed E-state index contributed by atoms with van der Waals surface area (Å²) in [5.74, 6) is -0.665. The molecule has 2 aliphatic rings. The van der Waals surface area contributed by atoms with Crippen LogP contribution in [0.1, 0.15) is 25.5 Å². The maximum atomic E-state index is 12.7. The third kappa shape index (κ3) is 9.55. The molecule has 1 aromatic heterocycles. The van der Waals surface area contributed by atoms with Crippen molar-refractivity contribution >= 4 is 21.6 Å². The highest BCUT2D eigenvalue weighted by Crippen LogP contribution is 2.61. The molecule has 0 saturated carbocycles. The predicted molar refractivity (Wildman–Crippen MR) is 142 cm³/mol. The molecule has 0 bridgehead atoms. The lowest BCUT2D eigenvalue weighted by Gasteiger charge is -2.42. The summed E-state index contributed by atoms with van der Waals surface area (Å²) >= 11 is 0. The second kappa shape index (κ2) is 15.6. The highest BCUT2D eigenvalue weighted by Gasteiger charge is 2.50. The van der Waals surface area contributed by atoms with Gasteiger partial charge in [0.1, 0.15) is 42.7 Å². The van der Waals surface area contributed by atoms with Crippen LogP contribution in [-0.2, 0) is 36.8 Å². The van der Waals surface area contributed by atoms with E-state index >= 15 is 0 Å². The minimum atomic E-state index is -5.67. The first kappa shape index (κ1) is 36.6. The monoisotopic (exact) mass is 678 g/mol. The predicted octanol–water partition coefficient (Wildman–Crippen LogP) is -4.28. The molecule has 44 heavy (non-hydrogen) atoms. The number of phosphoric acid groups is 2. The van der Waals surface area contributed by atoms with E-state index in [-0.39, 0.29) is 6.42 Å². The highest BCUT2D eigenvalue weighted by molar-refractivity contribution is 7.61. The minimum absolute atomic E-state index is 0.0500. The van der Waals surface area contributed by atoms with Crippen LogP contribution in [0.3, 0.4) is 0 Å². The summed E-state index contributed by atoms with van der Waals surface area (Å²) < 4.78 is 50.0. The number of H-pyrrole nitrogens is 1. The molecular formula is C21H36N4O17P2. The lowest BCUT2D eigenvalue weighted by molar-refractivity contribution is -0.248. The van der Waals surface area contributed by atoms with E-state index in [2.05, 4.69) is 19.5 Å². The molecule has 10 N–H and O–H groups in total. The van der Waals surface area contributed by atoms with Gasteiger partial charge in [0.25, 0.3) is 5.56 Å². The Morgan fingerprint density at radius 3 is 2.34 bits per heavy atom. The van der Waals surface area contributed by atoms with E-state index in [1.807, 2.05) is 4.98 Å². The molecule has 1 amide bonds. The Labute approximate surface area is 248 Å². The van der Waals surface area contributed by atoms with Gasteiger partial charge in [-0.2, -0.15) is 4.31 Å². The zero-order valence-electron chi connectivity index (χ0n) is 23.1. The molecule has 3 rings (SSSR count). The van der Waals surface area contributed by atoms with Crippen molar-refractivity contribution in [1.29, 1.82) is 0 Å². The number of ether oxygens (including phenoxy) is 2. The smallest absolute Gasteiger partial charge is 0.394 e. The molecule has 0 aliphatic carbocycles. The first-order valence-corrected chi connectivity index (χ1v) is 16.2. The SMILES string of the molecule is CNCCCCC(=O)NC1[C@H](OP(=O)(O)OP(=O)(O)OCC2OC(n3ccc(=O)[nH]c3=O)C(O)C2O)OC(CO)[C@H](O)[C@@H]1O. The van der Waals surface area contributed by atoms with Crippen LogP contribution in [0.5, 0.6) is 0 Å². The van der Waals surface area contributed by atoms with Crippen LogP contribution in [0.25, 0.3) is 0 Å². The summed E-state index contributed by atoms with van der Waals surface area (Å²) in [5.41, 5.74) is -1.75. The minimum Gasteiger partial charge on any atom is -0.394 e. The van der Waals surface area contributed by atoms with Crippen molar-refractivity contribution in [1.82, 2.24) is 20.2 Å². The van der Waals surface area contributed by atoms with Crippen molar-refractivity contribution in [3.63, 3.8) is 0 Å². The lowest BCUT2D eigenvalue weighted by atomic mass is 9.97. The standard InChI is InChI=1S/C21H36N4O17P2/c1-22-6-3-2-4-12(27)23-14-17(31)15(29)10(8-26)40-20(14)41-44(36,37)42-43(34,35)38-9-11-16(30)18(32)19(39-11)25-7-5-13(28)24-21(25)33/h5,7,10-11,14-20,22,26,29-32H,2-4,6,8-9H2,1H3,(H,23,27)(H,34,35)(H,36,37)(H,24,28,33)/t10?,11?,14?,15-,16?,17+,18?,19?,20-/m0/s1. The second-order valence-electron chi connectivity index (χ2n) is 9.84. The average molecular weight is 678 g/mol. The third-order valence-electron chi connectivity index (χ3n) is 6.60. The van der Waals surface area contributed by atoms with Crippen molar-refractivity contribution in [2.45, 2.75) is 74.4 Å². The van der Waals surface area contributed by atoms with Crippen LogP contribution in [0, 0.1) is 0 Å². The van der Waals surface area contributed by atoms with Gasteiger partial charge in [0.15, 0.2) is 12.5 Å². The Morgan fingerprint density at radius 1 is 1.02 bits per heavy atom. The molecule has 2 fully saturated rings. The van der Waals surface area contributed by atoms with Crippen LogP contribution >= 0.6 is 15.6 Å². The first-order chi connectivity index (χ1) is 20.6. The number of phosphoric ester groups is 2. The summed E-state index contributed by atoms with van der Waals surface area (Å²) in [5, 5.41) is 55.8. The number of nitrogens with one attached hydrogen (secondary N) is 3. The number of hydrogen-bond donors (Lipinski definition) is 10. The fraction of sp³-hybridized carbons (Fsp3) is 0.762. The Bertz CT molecular complexity index is 1330. The molecule has 2 aliphatic heterocycles. The third-order valence-corrected chi connectivity index (χ3v) is 9.20. The number of nitrogens with zero attached hydrogens (tertiary/aromatic N) is 1. The molecular weight excluding hydrogens is 642 g/mol. The second-order valence-corrected chi connectivity index (χ2v) is 12.8. The van der Waals surface area contributed by atoms with E-state index in [1.54, 1.807) is 7.05 Å². The Balaban J connectivity index is 1.64. The summed E-state index contributed by atoms with van der Waals surface area (Å²) in [4.78, 5) is 57.8. The van der Waals surface area contributed by atoms with E-state index in [4.69, 9.17) is 14.0 Å². The fourth-order valence-electron chi connectivity index (χ4n) is 4.37. The summed E-state index contributed by atoms with van der Waals surface area (Å²) in [7, 11) is -9.49. The van der Waals surface area contributed by atoms with Gasteiger partial charge in [-0.15, -0.1) is 0 Å². The van der Waals surface area contributed by atoms with Crippen LogP contribution in [0.2, 0.25) is 0 Å². The van der Waals surface area contributed by atoms with Crippen LogP contribution in [-0.4, -0.2) is 127 Å². The van der Waals surface area contributed by atoms with Crippen molar-refractivity contribution in [2.24, 2.45) is 0 Å². The number of aromatic amines is 1. The quantitative estimate of drug-likeness (QED) is 0.0620. The van der Waals surface area contributed by atoms with Crippen molar-refractivity contribution in [3.05, 3.63) is 33.1 Å². The molecule has 0 radical (unpaired) electrons. The zero-order chi connectivity index (χ0) is 32.8. The highest BCUT2D eigenvalue weighted by atomic mass is 31.3. The maximum Gasteiger partial charge on any atom is 0.483 e. The molecule has 2 saturated heterocycles. The van der Waals surface area contributed by atoms with Gasteiger partial charge in [-0.1, -0.05) is 0 Å². The maximum absolute atomic E-state index is 12.7. The number of hydrogen-bond acceptors (Lipinski definition) is 16. The van der Waals surface area contributed by atoms with Gasteiger partial charge >= 0.3 is 21.3 Å². The number of carbonyl (C=O) groups excluding carboxylic acids is 1. The Hall–Kier alpha value is -1.91. The lowest BCUT2D eigenvalue weighted by Crippen LogP contribution is -2.64. The van der Waals surface area contributed by atoms with Gasteiger partial charge in [-0.05, 0) is 26.4 Å². The average Bonchev–Trinajstić information content (AvgIpc) is 3.22. The van der Waals surface area contributed by atoms with Gasteiger partial charge in [0.05, 0.1) is 13.2 Å². The van der Waals surface area contributed by atoms with E-state index in [9.17, 15) is 58.8 Å². The number of unbranched alkanes of at least 4 members (excludes halogenated alkanes) is 1. The van der Waals surface area contributed by atoms with Crippen molar-refractivity contribution < 1.29 is 72.1 Å².